The number of rotatable bonds is 5. The molecule has 140 valence electrons. The van der Waals surface area contributed by atoms with Crippen LogP contribution in [0, 0.1) is 12.7 Å². The number of methoxy groups -OCH3 is 1. The molecule has 3 aromatic carbocycles. The Labute approximate surface area is 163 Å². The van der Waals surface area contributed by atoms with Crippen LogP contribution >= 0.6 is 0 Å². The van der Waals surface area contributed by atoms with Crippen molar-refractivity contribution in [3.8, 4) is 16.9 Å². The number of nitrogens with zero attached hydrogens (tertiary/aromatic N) is 1. The molecule has 1 N–H and O–H groups in total. The van der Waals surface area contributed by atoms with Gasteiger partial charge in [-0.1, -0.05) is 36.4 Å². The lowest BCUT2D eigenvalue weighted by molar-refractivity contribution is 0.414. The number of anilines is 1. The second kappa shape index (κ2) is 7.69. The van der Waals surface area contributed by atoms with Gasteiger partial charge < -0.3 is 10.1 Å². The van der Waals surface area contributed by atoms with Gasteiger partial charge in [0.15, 0.2) is 0 Å². The van der Waals surface area contributed by atoms with Crippen molar-refractivity contribution in [2.24, 2.45) is 0 Å². The number of benzene rings is 3. The molecule has 0 atom stereocenters. The van der Waals surface area contributed by atoms with E-state index in [1.165, 1.54) is 6.07 Å². The van der Waals surface area contributed by atoms with Crippen LogP contribution in [0.2, 0.25) is 0 Å². The molecule has 0 amide bonds. The molecule has 4 aromatic rings. The van der Waals surface area contributed by atoms with Gasteiger partial charge in [0.05, 0.1) is 7.11 Å². The third-order valence-corrected chi connectivity index (χ3v) is 4.89. The summed E-state index contributed by atoms with van der Waals surface area (Å²) in [6.45, 7) is 2.58. The van der Waals surface area contributed by atoms with E-state index in [0.29, 0.717) is 12.1 Å². The molecular formula is C24H21FN2O. The average molecular weight is 372 g/mol. The third kappa shape index (κ3) is 3.54. The maximum Gasteiger partial charge on any atom is 0.134 e. The molecule has 0 radical (unpaired) electrons. The molecule has 0 aliphatic carbocycles. The molecule has 0 spiro atoms. The van der Waals surface area contributed by atoms with Crippen molar-refractivity contribution in [1.29, 1.82) is 0 Å². The first-order valence-corrected chi connectivity index (χ1v) is 9.17. The number of halogens is 1. The number of aromatic nitrogens is 1. The topological polar surface area (TPSA) is 34.1 Å². The van der Waals surface area contributed by atoms with E-state index in [4.69, 9.17) is 4.74 Å². The van der Waals surface area contributed by atoms with Crippen LogP contribution in [0.1, 0.15) is 11.1 Å². The number of pyridine rings is 1. The maximum atomic E-state index is 14.3. The van der Waals surface area contributed by atoms with Gasteiger partial charge in [-0.05, 0) is 59.3 Å². The van der Waals surface area contributed by atoms with Gasteiger partial charge in [-0.3, -0.25) is 0 Å². The number of fused-ring (bicyclic) bond motifs is 1. The lowest BCUT2D eigenvalue weighted by Gasteiger charge is -2.12. The molecule has 1 heterocycles. The first-order chi connectivity index (χ1) is 13.7. The SMILES string of the molecule is COc1ccc(CNc2nccc3cc(-c4c(C)cccc4F)ccc23)cc1. The van der Waals surface area contributed by atoms with E-state index in [0.717, 1.165) is 39.0 Å². The van der Waals surface area contributed by atoms with Crippen LogP contribution in [-0.4, -0.2) is 12.1 Å². The lowest BCUT2D eigenvalue weighted by Crippen LogP contribution is -2.02. The Hall–Kier alpha value is -3.40. The molecule has 0 saturated carbocycles. The van der Waals surface area contributed by atoms with Crippen LogP contribution in [0.4, 0.5) is 10.2 Å². The number of nitrogens with one attached hydrogen (secondary N) is 1. The molecule has 4 heteroatoms. The highest BCUT2D eigenvalue weighted by Crippen LogP contribution is 2.31. The van der Waals surface area contributed by atoms with Crippen LogP contribution in [0.3, 0.4) is 0 Å². The van der Waals surface area contributed by atoms with Crippen molar-refractivity contribution < 1.29 is 9.13 Å². The van der Waals surface area contributed by atoms with Crippen LogP contribution in [0.15, 0.2) is 72.9 Å². The number of ether oxygens (including phenoxy) is 1. The molecule has 4 rings (SSSR count). The van der Waals surface area contributed by atoms with Gasteiger partial charge in [0.2, 0.25) is 0 Å². The largest absolute Gasteiger partial charge is 0.497 e. The van der Waals surface area contributed by atoms with Gasteiger partial charge in [-0.15, -0.1) is 0 Å². The molecule has 0 unspecified atom stereocenters. The van der Waals surface area contributed by atoms with E-state index in [-0.39, 0.29) is 5.82 Å². The normalized spacial score (nSPS) is 10.8. The Morgan fingerprint density at radius 2 is 1.82 bits per heavy atom. The second-order valence-electron chi connectivity index (χ2n) is 6.73. The highest BCUT2D eigenvalue weighted by Gasteiger charge is 2.10. The molecule has 0 fully saturated rings. The zero-order valence-corrected chi connectivity index (χ0v) is 15.9. The molecule has 0 aliphatic rings. The summed E-state index contributed by atoms with van der Waals surface area (Å²) in [5.74, 6) is 1.44. The molecule has 28 heavy (non-hydrogen) atoms. The Morgan fingerprint density at radius 1 is 1.00 bits per heavy atom. The van der Waals surface area contributed by atoms with Crippen molar-refractivity contribution in [2.45, 2.75) is 13.5 Å². The fraction of sp³-hybridized carbons (Fsp3) is 0.125. The van der Waals surface area contributed by atoms with Gasteiger partial charge in [-0.2, -0.15) is 0 Å². The van der Waals surface area contributed by atoms with Crippen molar-refractivity contribution in [3.63, 3.8) is 0 Å². The smallest absolute Gasteiger partial charge is 0.134 e. The summed E-state index contributed by atoms with van der Waals surface area (Å²) in [5, 5.41) is 5.43. The standard InChI is InChI=1S/C24H21FN2O/c1-16-4-3-5-22(25)23(16)19-8-11-21-18(14-19)12-13-26-24(21)27-15-17-6-9-20(28-2)10-7-17/h3-14H,15H2,1-2H3,(H,26,27). The molecule has 0 bridgehead atoms. The fourth-order valence-electron chi connectivity index (χ4n) is 3.40. The minimum atomic E-state index is -0.203. The van der Waals surface area contributed by atoms with E-state index in [1.807, 2.05) is 61.5 Å². The predicted octanol–water partition coefficient (Wildman–Crippen LogP) is 5.97. The fourth-order valence-corrected chi connectivity index (χ4v) is 3.40. The third-order valence-electron chi connectivity index (χ3n) is 4.89. The molecule has 0 aliphatic heterocycles. The number of hydrogen-bond acceptors (Lipinski definition) is 3. The van der Waals surface area contributed by atoms with Crippen LogP contribution in [0.5, 0.6) is 5.75 Å². The van der Waals surface area contributed by atoms with Crippen LogP contribution in [0.25, 0.3) is 21.9 Å². The average Bonchev–Trinajstić information content (AvgIpc) is 2.72. The zero-order valence-electron chi connectivity index (χ0n) is 15.9. The van der Waals surface area contributed by atoms with Crippen molar-refractivity contribution >= 4 is 16.6 Å². The van der Waals surface area contributed by atoms with Gasteiger partial charge in [0.1, 0.15) is 17.4 Å². The van der Waals surface area contributed by atoms with Gasteiger partial charge >= 0.3 is 0 Å². The summed E-state index contributed by atoms with van der Waals surface area (Å²) in [6.07, 6.45) is 1.77. The quantitative estimate of drug-likeness (QED) is 0.469. The minimum Gasteiger partial charge on any atom is -0.497 e. The van der Waals surface area contributed by atoms with Gasteiger partial charge in [-0.25, -0.2) is 9.37 Å². The summed E-state index contributed by atoms with van der Waals surface area (Å²) in [6, 6.07) is 21.0. The monoisotopic (exact) mass is 372 g/mol. The Kier molecular flexibility index (Phi) is 4.94. The summed E-state index contributed by atoms with van der Waals surface area (Å²) in [7, 11) is 1.66. The molecule has 1 aromatic heterocycles. The highest BCUT2D eigenvalue weighted by molar-refractivity contribution is 5.94. The Morgan fingerprint density at radius 3 is 2.57 bits per heavy atom. The van der Waals surface area contributed by atoms with Gasteiger partial charge in [0, 0.05) is 23.7 Å². The zero-order chi connectivity index (χ0) is 19.5. The summed E-state index contributed by atoms with van der Waals surface area (Å²) < 4.78 is 19.5. The van der Waals surface area contributed by atoms with E-state index < -0.39 is 0 Å². The number of hydrogen-bond donors (Lipinski definition) is 1. The van der Waals surface area contributed by atoms with E-state index in [9.17, 15) is 4.39 Å². The first kappa shape index (κ1) is 18.0. The summed E-state index contributed by atoms with van der Waals surface area (Å²) in [4.78, 5) is 4.48. The van der Waals surface area contributed by atoms with E-state index in [2.05, 4.69) is 10.3 Å². The van der Waals surface area contributed by atoms with Crippen molar-refractivity contribution in [2.75, 3.05) is 12.4 Å². The molecular weight excluding hydrogens is 351 g/mol. The predicted molar refractivity (Wildman–Crippen MR) is 112 cm³/mol. The van der Waals surface area contributed by atoms with Gasteiger partial charge in [0.25, 0.3) is 0 Å². The first-order valence-electron chi connectivity index (χ1n) is 9.17. The second-order valence-corrected chi connectivity index (χ2v) is 6.73. The minimum absolute atomic E-state index is 0.203. The van der Waals surface area contributed by atoms with Crippen molar-refractivity contribution in [3.05, 3.63) is 89.9 Å². The highest BCUT2D eigenvalue weighted by atomic mass is 19.1. The molecule has 0 saturated heterocycles. The van der Waals surface area contributed by atoms with Crippen LogP contribution < -0.4 is 10.1 Å². The maximum absolute atomic E-state index is 14.3. The Balaban J connectivity index is 1.63. The number of aryl methyl sites for hydroxylation is 1. The molecule has 3 nitrogen and oxygen atoms in total. The van der Waals surface area contributed by atoms with Crippen LogP contribution in [-0.2, 0) is 6.54 Å². The summed E-state index contributed by atoms with van der Waals surface area (Å²) in [5.41, 5.74) is 3.58. The Bertz CT molecular complexity index is 1100. The van der Waals surface area contributed by atoms with E-state index >= 15 is 0 Å². The van der Waals surface area contributed by atoms with E-state index in [1.54, 1.807) is 19.4 Å². The summed E-state index contributed by atoms with van der Waals surface area (Å²) >= 11 is 0. The lowest BCUT2D eigenvalue weighted by atomic mass is 9.97. The van der Waals surface area contributed by atoms with Crippen molar-refractivity contribution in [1.82, 2.24) is 4.98 Å².